The summed E-state index contributed by atoms with van der Waals surface area (Å²) in [7, 11) is 0. The fourth-order valence-corrected chi connectivity index (χ4v) is 3.69. The van der Waals surface area contributed by atoms with Gasteiger partial charge in [-0.1, -0.05) is 18.6 Å². The summed E-state index contributed by atoms with van der Waals surface area (Å²) in [5.74, 6) is 1.09. The Kier molecular flexibility index (Phi) is 5.06. The maximum atomic E-state index is 12.8. The van der Waals surface area contributed by atoms with E-state index in [-0.39, 0.29) is 11.8 Å². The van der Waals surface area contributed by atoms with Crippen molar-refractivity contribution in [3.05, 3.63) is 30.5 Å². The van der Waals surface area contributed by atoms with Crippen LogP contribution in [-0.4, -0.2) is 33.7 Å². The minimum absolute atomic E-state index is 0.156. The van der Waals surface area contributed by atoms with Crippen LogP contribution in [0, 0.1) is 5.92 Å². The molecule has 0 saturated heterocycles. The fourth-order valence-electron chi connectivity index (χ4n) is 3.69. The molecule has 0 atom stereocenters. The molecule has 1 aliphatic carbocycles. The molecule has 7 heteroatoms. The van der Waals surface area contributed by atoms with Crippen LogP contribution < -0.4 is 10.2 Å². The van der Waals surface area contributed by atoms with Crippen LogP contribution in [0.2, 0.25) is 0 Å². The molecule has 7 nitrogen and oxygen atoms in total. The molecule has 1 fully saturated rings. The zero-order chi connectivity index (χ0) is 20.6. The number of carbonyl (C=O) groups excluding carboxylic acids is 2. The van der Waals surface area contributed by atoms with Crippen LogP contribution in [-0.2, 0) is 16.1 Å². The second kappa shape index (κ2) is 7.54. The number of nitrogens with one attached hydrogen (secondary N) is 1. The topological polar surface area (TPSA) is 76.5 Å². The van der Waals surface area contributed by atoms with Crippen molar-refractivity contribution < 1.29 is 14.3 Å². The quantitative estimate of drug-likeness (QED) is 0.832. The van der Waals surface area contributed by atoms with Gasteiger partial charge in [-0.15, -0.1) is 0 Å². The first-order valence-corrected chi connectivity index (χ1v) is 10.3. The Morgan fingerprint density at radius 1 is 1.17 bits per heavy atom. The molecule has 29 heavy (non-hydrogen) atoms. The summed E-state index contributed by atoms with van der Waals surface area (Å²) in [6.07, 6.45) is 5.55. The molecule has 0 unspecified atom stereocenters. The van der Waals surface area contributed by atoms with Crippen molar-refractivity contribution in [2.24, 2.45) is 5.92 Å². The predicted octanol–water partition coefficient (Wildman–Crippen LogP) is 4.43. The van der Waals surface area contributed by atoms with Crippen molar-refractivity contribution in [1.82, 2.24) is 9.55 Å². The third kappa shape index (κ3) is 4.28. The predicted molar refractivity (Wildman–Crippen MR) is 112 cm³/mol. The van der Waals surface area contributed by atoms with Crippen LogP contribution in [0.1, 0.15) is 46.5 Å². The summed E-state index contributed by atoms with van der Waals surface area (Å²) in [5.41, 5.74) is 1.77. The molecule has 0 bridgehead atoms. The lowest BCUT2D eigenvalue weighted by Crippen LogP contribution is -2.43. The van der Waals surface area contributed by atoms with Gasteiger partial charge in [-0.25, -0.2) is 9.78 Å². The average molecular weight is 396 g/mol. The van der Waals surface area contributed by atoms with Gasteiger partial charge in [0, 0.05) is 36.5 Å². The Morgan fingerprint density at radius 2 is 1.97 bits per heavy atom. The van der Waals surface area contributed by atoms with Crippen LogP contribution in [0.25, 0.3) is 11.3 Å². The Balaban J connectivity index is 1.54. The van der Waals surface area contributed by atoms with E-state index in [0.29, 0.717) is 5.69 Å². The lowest BCUT2D eigenvalue weighted by molar-refractivity contribution is -0.124. The van der Waals surface area contributed by atoms with E-state index >= 15 is 0 Å². The normalized spacial score (nSPS) is 16.7. The Bertz CT molecular complexity index is 924. The molecular formula is C22H28N4O3. The lowest BCUT2D eigenvalue weighted by atomic mass is 9.84. The van der Waals surface area contributed by atoms with Gasteiger partial charge in [0.05, 0.1) is 5.69 Å². The van der Waals surface area contributed by atoms with Gasteiger partial charge >= 0.3 is 6.09 Å². The smallest absolute Gasteiger partial charge is 0.412 e. The summed E-state index contributed by atoms with van der Waals surface area (Å²) >= 11 is 0. The minimum Gasteiger partial charge on any atom is -0.444 e. The van der Waals surface area contributed by atoms with Crippen molar-refractivity contribution in [2.75, 3.05) is 16.8 Å². The molecule has 0 radical (unpaired) electrons. The third-order valence-corrected chi connectivity index (χ3v) is 5.30. The number of hydrogen-bond donors (Lipinski definition) is 1. The van der Waals surface area contributed by atoms with E-state index in [1.807, 2.05) is 56.1 Å². The van der Waals surface area contributed by atoms with Gasteiger partial charge in [0.2, 0.25) is 11.9 Å². The van der Waals surface area contributed by atoms with E-state index < -0.39 is 11.7 Å². The van der Waals surface area contributed by atoms with Gasteiger partial charge < -0.3 is 9.30 Å². The Hall–Kier alpha value is -2.83. The van der Waals surface area contributed by atoms with Crippen molar-refractivity contribution in [3.63, 3.8) is 0 Å². The summed E-state index contributed by atoms with van der Waals surface area (Å²) in [5, 5.41) is 2.77. The number of carbonyl (C=O) groups is 2. The summed E-state index contributed by atoms with van der Waals surface area (Å²) in [6.45, 7) is 7.07. The number of ether oxygens (including phenoxy) is 1. The molecule has 1 aromatic heterocycles. The molecular weight excluding hydrogens is 368 g/mol. The highest BCUT2D eigenvalue weighted by Gasteiger charge is 2.33. The van der Waals surface area contributed by atoms with Gasteiger partial charge in [-0.05, 0) is 52.2 Å². The highest BCUT2D eigenvalue weighted by Crippen LogP contribution is 2.33. The van der Waals surface area contributed by atoms with E-state index in [1.54, 1.807) is 0 Å². The summed E-state index contributed by atoms with van der Waals surface area (Å²) < 4.78 is 7.38. The number of nitrogens with zero attached hydrogens (tertiary/aromatic N) is 3. The van der Waals surface area contributed by atoms with Gasteiger partial charge in [-0.2, -0.15) is 0 Å². The van der Waals surface area contributed by atoms with Crippen LogP contribution in [0.15, 0.2) is 30.5 Å². The van der Waals surface area contributed by atoms with Crippen LogP contribution in [0.3, 0.4) is 0 Å². The molecule has 2 aliphatic rings. The van der Waals surface area contributed by atoms with E-state index in [2.05, 4.69) is 9.88 Å². The zero-order valence-corrected chi connectivity index (χ0v) is 17.3. The SMILES string of the molecule is CC(C)(C)OC(=O)Nc1cccc(-c2cn3c(n2)N(C(=O)C2CCC2)CCC3)c1. The van der Waals surface area contributed by atoms with Crippen molar-refractivity contribution in [2.45, 2.75) is 58.6 Å². The largest absolute Gasteiger partial charge is 0.444 e. The fraction of sp³-hybridized carbons (Fsp3) is 0.500. The first-order valence-electron chi connectivity index (χ1n) is 10.3. The second-order valence-corrected chi connectivity index (χ2v) is 8.80. The molecule has 2 heterocycles. The lowest BCUT2D eigenvalue weighted by Gasteiger charge is -2.33. The van der Waals surface area contributed by atoms with Gasteiger partial charge in [0.25, 0.3) is 0 Å². The number of imidazole rings is 1. The molecule has 4 rings (SSSR count). The van der Waals surface area contributed by atoms with Crippen LogP contribution >= 0.6 is 0 Å². The minimum atomic E-state index is -0.555. The number of aromatic nitrogens is 2. The monoisotopic (exact) mass is 396 g/mol. The molecule has 1 saturated carbocycles. The number of fused-ring (bicyclic) bond motifs is 1. The molecule has 2 aromatic rings. The third-order valence-electron chi connectivity index (χ3n) is 5.30. The van der Waals surface area contributed by atoms with Crippen molar-refractivity contribution in [3.8, 4) is 11.3 Å². The Labute approximate surface area is 171 Å². The summed E-state index contributed by atoms with van der Waals surface area (Å²) in [6, 6.07) is 7.51. The van der Waals surface area contributed by atoms with E-state index in [0.717, 1.165) is 56.0 Å². The molecule has 1 aromatic carbocycles. The molecule has 1 aliphatic heterocycles. The molecule has 154 valence electrons. The first-order chi connectivity index (χ1) is 13.8. The molecule has 0 spiro atoms. The molecule has 2 amide bonds. The maximum Gasteiger partial charge on any atom is 0.412 e. The number of amides is 2. The summed E-state index contributed by atoms with van der Waals surface area (Å²) in [4.78, 5) is 31.5. The average Bonchev–Trinajstić information content (AvgIpc) is 3.02. The van der Waals surface area contributed by atoms with Gasteiger partial charge in [-0.3, -0.25) is 15.0 Å². The van der Waals surface area contributed by atoms with Crippen LogP contribution in [0.5, 0.6) is 0 Å². The van der Waals surface area contributed by atoms with E-state index in [4.69, 9.17) is 9.72 Å². The maximum absolute atomic E-state index is 12.8. The van der Waals surface area contributed by atoms with Crippen molar-refractivity contribution in [1.29, 1.82) is 0 Å². The number of hydrogen-bond acceptors (Lipinski definition) is 4. The first kappa shape index (κ1) is 19.5. The van der Waals surface area contributed by atoms with E-state index in [1.165, 1.54) is 0 Å². The number of anilines is 2. The highest BCUT2D eigenvalue weighted by molar-refractivity contribution is 5.94. The van der Waals surface area contributed by atoms with Gasteiger partial charge in [0.1, 0.15) is 5.60 Å². The Morgan fingerprint density at radius 3 is 2.66 bits per heavy atom. The molecule has 1 N–H and O–H groups in total. The van der Waals surface area contributed by atoms with Crippen LogP contribution in [0.4, 0.5) is 16.4 Å². The zero-order valence-electron chi connectivity index (χ0n) is 17.3. The number of benzene rings is 1. The standard InChI is InChI=1S/C22H28N4O3/c1-22(2,3)29-21(28)23-17-10-5-9-16(13-17)18-14-25-11-6-12-26(20(25)24-18)19(27)15-7-4-8-15/h5,9-10,13-15H,4,6-8,11-12H2,1-3H3,(H,23,28). The number of rotatable bonds is 3. The van der Waals surface area contributed by atoms with Crippen molar-refractivity contribution >= 4 is 23.6 Å². The van der Waals surface area contributed by atoms with Gasteiger partial charge in [0.15, 0.2) is 0 Å². The second-order valence-electron chi connectivity index (χ2n) is 8.80. The number of aryl methyl sites for hydroxylation is 1. The highest BCUT2D eigenvalue weighted by atomic mass is 16.6. The van der Waals surface area contributed by atoms with E-state index in [9.17, 15) is 9.59 Å².